The molecule has 1 aromatic rings. The van der Waals surface area contributed by atoms with Crippen LogP contribution in [0.3, 0.4) is 0 Å². The molecule has 1 rings (SSSR count). The first-order valence-corrected chi connectivity index (χ1v) is 7.71. The van der Waals surface area contributed by atoms with E-state index in [1.54, 1.807) is 32.4 Å². The second-order valence-corrected chi connectivity index (χ2v) is 5.53. The molecule has 0 unspecified atom stereocenters. The van der Waals surface area contributed by atoms with Gasteiger partial charge in [0, 0.05) is 13.7 Å². The maximum atomic E-state index is 11.9. The summed E-state index contributed by atoms with van der Waals surface area (Å²) < 4.78 is 15.9. The highest BCUT2D eigenvalue weighted by Crippen LogP contribution is 2.29. The highest BCUT2D eigenvalue weighted by atomic mass is 16.5. The number of nitriles is 1. The lowest BCUT2D eigenvalue weighted by atomic mass is 10.1. The molecule has 0 aliphatic heterocycles. The van der Waals surface area contributed by atoms with Gasteiger partial charge in [0.05, 0.1) is 20.3 Å². The summed E-state index contributed by atoms with van der Waals surface area (Å²) in [7, 11) is 3.09. The lowest BCUT2D eigenvalue weighted by Gasteiger charge is -2.13. The molecular weight excluding hydrogens is 308 g/mol. The maximum absolute atomic E-state index is 11.9. The first-order chi connectivity index (χ1) is 11.5. The van der Waals surface area contributed by atoms with Gasteiger partial charge in [0.1, 0.15) is 11.6 Å². The van der Waals surface area contributed by atoms with Crippen LogP contribution in [0.1, 0.15) is 19.4 Å². The van der Waals surface area contributed by atoms with Crippen molar-refractivity contribution < 1.29 is 19.0 Å². The van der Waals surface area contributed by atoms with Crippen LogP contribution in [0.2, 0.25) is 0 Å². The maximum Gasteiger partial charge on any atom is 0.262 e. The van der Waals surface area contributed by atoms with E-state index in [-0.39, 0.29) is 5.57 Å². The van der Waals surface area contributed by atoms with Crippen molar-refractivity contribution in [2.45, 2.75) is 13.8 Å². The van der Waals surface area contributed by atoms with Gasteiger partial charge in [-0.05, 0) is 29.7 Å². The normalized spacial score (nSPS) is 11.1. The molecule has 6 nitrogen and oxygen atoms in total. The summed E-state index contributed by atoms with van der Waals surface area (Å²) in [6.45, 7) is 5.44. The Morgan fingerprint density at radius 1 is 1.33 bits per heavy atom. The number of ether oxygens (including phenoxy) is 3. The molecule has 0 saturated carbocycles. The number of hydrogen-bond acceptors (Lipinski definition) is 5. The number of nitrogens with one attached hydrogen (secondary N) is 1. The molecule has 24 heavy (non-hydrogen) atoms. The highest BCUT2D eigenvalue weighted by Gasteiger charge is 2.10. The zero-order valence-corrected chi connectivity index (χ0v) is 14.6. The number of rotatable bonds is 9. The Bertz CT molecular complexity index is 618. The minimum absolute atomic E-state index is 0.0176. The van der Waals surface area contributed by atoms with E-state index < -0.39 is 5.91 Å². The Morgan fingerprint density at radius 2 is 2.08 bits per heavy atom. The average Bonchev–Trinajstić information content (AvgIpc) is 2.58. The smallest absolute Gasteiger partial charge is 0.262 e. The number of nitrogens with zero attached hydrogens (tertiary/aromatic N) is 1. The lowest BCUT2D eigenvalue weighted by molar-refractivity contribution is -0.117. The number of carbonyl (C=O) groups excluding carboxylic acids is 1. The highest BCUT2D eigenvalue weighted by molar-refractivity contribution is 6.01. The van der Waals surface area contributed by atoms with Crippen molar-refractivity contribution >= 4 is 12.0 Å². The van der Waals surface area contributed by atoms with Gasteiger partial charge in [-0.15, -0.1) is 0 Å². The minimum Gasteiger partial charge on any atom is -0.493 e. The van der Waals surface area contributed by atoms with E-state index in [1.807, 2.05) is 6.07 Å². The molecular formula is C18H24N2O4. The van der Waals surface area contributed by atoms with E-state index in [0.717, 1.165) is 0 Å². The van der Waals surface area contributed by atoms with Crippen LogP contribution in [0.25, 0.3) is 6.08 Å². The molecule has 0 atom stereocenters. The van der Waals surface area contributed by atoms with Gasteiger partial charge in [0.15, 0.2) is 11.5 Å². The summed E-state index contributed by atoms with van der Waals surface area (Å²) >= 11 is 0. The fourth-order valence-electron chi connectivity index (χ4n) is 1.83. The van der Waals surface area contributed by atoms with Crippen molar-refractivity contribution in [2.75, 3.05) is 34.0 Å². The monoisotopic (exact) mass is 332 g/mol. The van der Waals surface area contributed by atoms with Gasteiger partial charge in [-0.1, -0.05) is 19.9 Å². The third-order valence-corrected chi connectivity index (χ3v) is 3.03. The van der Waals surface area contributed by atoms with E-state index in [9.17, 15) is 10.1 Å². The van der Waals surface area contributed by atoms with Crippen molar-refractivity contribution in [3.8, 4) is 17.6 Å². The number of hydrogen-bond donors (Lipinski definition) is 1. The summed E-state index contributed by atoms with van der Waals surface area (Å²) in [4.78, 5) is 11.9. The fraction of sp³-hybridized carbons (Fsp3) is 0.444. The van der Waals surface area contributed by atoms with Crippen molar-refractivity contribution in [2.24, 2.45) is 5.92 Å². The van der Waals surface area contributed by atoms with E-state index in [1.165, 1.54) is 6.08 Å². The van der Waals surface area contributed by atoms with Gasteiger partial charge < -0.3 is 19.5 Å². The van der Waals surface area contributed by atoms with E-state index >= 15 is 0 Å². The topological polar surface area (TPSA) is 80.6 Å². The molecule has 0 aliphatic rings. The minimum atomic E-state index is -0.436. The Labute approximate surface area is 143 Å². The molecule has 1 aromatic carbocycles. The average molecular weight is 332 g/mol. The van der Waals surface area contributed by atoms with Crippen LogP contribution < -0.4 is 14.8 Å². The SMILES string of the molecule is COCCNC(=O)/C(C#N)=C/c1ccc(OCC(C)C)c(OC)c1. The number of benzene rings is 1. The van der Waals surface area contributed by atoms with Gasteiger partial charge in [0.25, 0.3) is 5.91 Å². The zero-order chi connectivity index (χ0) is 17.9. The number of amides is 1. The molecule has 0 aliphatic carbocycles. The van der Waals surface area contributed by atoms with Crippen LogP contribution in [0, 0.1) is 17.2 Å². The summed E-state index contributed by atoms with van der Waals surface area (Å²) in [5.74, 6) is 1.15. The van der Waals surface area contributed by atoms with Crippen LogP contribution in [0.5, 0.6) is 11.5 Å². The summed E-state index contributed by atoms with van der Waals surface area (Å²) in [6.07, 6.45) is 1.51. The van der Waals surface area contributed by atoms with Gasteiger partial charge in [-0.2, -0.15) is 5.26 Å². The molecule has 0 aromatic heterocycles. The molecule has 0 radical (unpaired) electrons. The fourth-order valence-corrected chi connectivity index (χ4v) is 1.83. The third kappa shape index (κ3) is 6.31. The third-order valence-electron chi connectivity index (χ3n) is 3.03. The van der Waals surface area contributed by atoms with Crippen molar-refractivity contribution in [1.82, 2.24) is 5.32 Å². The Balaban J connectivity index is 2.91. The van der Waals surface area contributed by atoms with Crippen LogP contribution in [-0.2, 0) is 9.53 Å². The molecule has 0 saturated heterocycles. The van der Waals surface area contributed by atoms with Crippen molar-refractivity contribution in [3.05, 3.63) is 29.3 Å². The summed E-state index contributed by atoms with van der Waals surface area (Å²) in [6, 6.07) is 7.18. The van der Waals surface area contributed by atoms with E-state index in [2.05, 4.69) is 19.2 Å². The summed E-state index contributed by atoms with van der Waals surface area (Å²) in [5.41, 5.74) is 0.700. The second kappa shape index (κ2) is 10.3. The largest absolute Gasteiger partial charge is 0.493 e. The molecule has 0 fully saturated rings. The van der Waals surface area contributed by atoms with Gasteiger partial charge in [0.2, 0.25) is 0 Å². The summed E-state index contributed by atoms with van der Waals surface area (Å²) in [5, 5.41) is 11.8. The number of methoxy groups -OCH3 is 2. The van der Waals surface area contributed by atoms with Gasteiger partial charge >= 0.3 is 0 Å². The standard InChI is InChI=1S/C18H24N2O4/c1-13(2)12-24-16-6-5-14(10-17(16)23-4)9-15(11-19)18(21)20-7-8-22-3/h5-6,9-10,13H,7-8,12H2,1-4H3,(H,20,21)/b15-9+. The molecule has 1 N–H and O–H groups in total. The molecule has 0 spiro atoms. The quantitative estimate of drug-likeness (QED) is 0.427. The predicted molar refractivity (Wildman–Crippen MR) is 91.8 cm³/mol. The van der Waals surface area contributed by atoms with Crippen molar-refractivity contribution in [1.29, 1.82) is 5.26 Å². The molecule has 6 heteroatoms. The van der Waals surface area contributed by atoms with Gasteiger partial charge in [-0.25, -0.2) is 0 Å². The lowest BCUT2D eigenvalue weighted by Crippen LogP contribution is -2.27. The van der Waals surface area contributed by atoms with Crippen LogP contribution in [-0.4, -0.2) is 39.9 Å². The predicted octanol–water partition coefficient (Wildman–Crippen LogP) is 2.40. The molecule has 1 amide bonds. The Kier molecular flexibility index (Phi) is 8.37. The molecule has 0 heterocycles. The van der Waals surface area contributed by atoms with Crippen LogP contribution in [0.4, 0.5) is 0 Å². The van der Waals surface area contributed by atoms with Crippen LogP contribution >= 0.6 is 0 Å². The Morgan fingerprint density at radius 3 is 2.67 bits per heavy atom. The first kappa shape index (κ1) is 19.5. The Hall–Kier alpha value is -2.52. The van der Waals surface area contributed by atoms with Crippen molar-refractivity contribution in [3.63, 3.8) is 0 Å². The number of carbonyl (C=O) groups is 1. The first-order valence-electron chi connectivity index (χ1n) is 7.71. The zero-order valence-electron chi connectivity index (χ0n) is 14.6. The van der Waals surface area contributed by atoms with Crippen LogP contribution in [0.15, 0.2) is 23.8 Å². The molecule has 0 bridgehead atoms. The van der Waals surface area contributed by atoms with E-state index in [0.29, 0.717) is 42.7 Å². The van der Waals surface area contributed by atoms with Gasteiger partial charge in [-0.3, -0.25) is 4.79 Å². The van der Waals surface area contributed by atoms with E-state index in [4.69, 9.17) is 14.2 Å². The second-order valence-electron chi connectivity index (χ2n) is 5.53. The molecule has 130 valence electrons.